The highest BCUT2D eigenvalue weighted by Crippen LogP contribution is 2.50. The minimum atomic E-state index is 1.03. The third-order valence-corrected chi connectivity index (χ3v) is 11.0. The second-order valence-corrected chi connectivity index (χ2v) is 14.2. The van der Waals surface area contributed by atoms with Gasteiger partial charge in [-0.25, -0.2) is 0 Å². The van der Waals surface area contributed by atoms with E-state index in [1.807, 2.05) is 18.6 Å². The highest BCUT2D eigenvalue weighted by molar-refractivity contribution is 6.32. The molecule has 3 heteroatoms. The summed E-state index contributed by atoms with van der Waals surface area (Å²) in [5.41, 5.74) is 18.7. The Hall–Kier alpha value is -6.19. The van der Waals surface area contributed by atoms with Crippen molar-refractivity contribution < 1.29 is 0 Å². The Kier molecular flexibility index (Phi) is 7.48. The molecule has 0 spiro atoms. The maximum atomic E-state index is 4.81. The van der Waals surface area contributed by atoms with Crippen molar-refractivity contribution in [2.75, 3.05) is 0 Å². The third kappa shape index (κ3) is 4.92. The van der Waals surface area contributed by atoms with E-state index < -0.39 is 0 Å². The molecule has 9 rings (SSSR count). The predicted molar refractivity (Wildman–Crippen MR) is 219 cm³/mol. The van der Waals surface area contributed by atoms with Crippen molar-refractivity contribution >= 4 is 32.3 Å². The zero-order valence-corrected chi connectivity index (χ0v) is 30.5. The summed E-state index contributed by atoms with van der Waals surface area (Å²) in [7, 11) is 0. The molecule has 0 bridgehead atoms. The molecule has 250 valence electrons. The van der Waals surface area contributed by atoms with Crippen molar-refractivity contribution in [3.05, 3.63) is 162 Å². The molecule has 0 N–H and O–H groups in total. The molecule has 0 aliphatic carbocycles. The number of aryl methyl sites for hydroxylation is 6. The van der Waals surface area contributed by atoms with Gasteiger partial charge < -0.3 is 0 Å². The fourth-order valence-electron chi connectivity index (χ4n) is 8.65. The monoisotopic (exact) mass is 669 g/mol. The van der Waals surface area contributed by atoms with Crippen LogP contribution in [-0.2, 0) is 0 Å². The van der Waals surface area contributed by atoms with Gasteiger partial charge in [0, 0.05) is 52.4 Å². The Balaban J connectivity index is 1.49. The SMILES string of the molecule is Cc1ccnc(C)c1-c1cc(-c2cccc(-c3ccccc3)c2)c2ccc3c(-c4c(C)ccnc4C)cc(-c4c(C)ccnc4C)c4ccc1c2c34. The first-order valence-electron chi connectivity index (χ1n) is 18.0. The normalized spacial score (nSPS) is 11.7. The molecular weight excluding hydrogens is 631 g/mol. The van der Waals surface area contributed by atoms with Crippen LogP contribution in [0.2, 0.25) is 0 Å². The Morgan fingerprint density at radius 2 is 0.712 bits per heavy atom. The Labute approximate surface area is 305 Å². The van der Waals surface area contributed by atoms with E-state index in [1.165, 1.54) is 105 Å². The number of nitrogens with zero attached hydrogens (tertiary/aromatic N) is 3. The number of hydrogen-bond donors (Lipinski definition) is 0. The first-order valence-corrected chi connectivity index (χ1v) is 18.0. The van der Waals surface area contributed by atoms with Crippen molar-refractivity contribution in [3.8, 4) is 55.6 Å². The molecule has 3 nitrogen and oxygen atoms in total. The average molecular weight is 670 g/mol. The molecule has 52 heavy (non-hydrogen) atoms. The molecule has 0 amide bonds. The molecule has 0 saturated carbocycles. The van der Waals surface area contributed by atoms with Gasteiger partial charge in [0.2, 0.25) is 0 Å². The average Bonchev–Trinajstić information content (AvgIpc) is 3.15. The van der Waals surface area contributed by atoms with E-state index in [2.05, 4.69) is 151 Å². The zero-order valence-electron chi connectivity index (χ0n) is 30.5. The molecule has 6 aromatic carbocycles. The maximum absolute atomic E-state index is 4.81. The van der Waals surface area contributed by atoms with Gasteiger partial charge in [-0.1, -0.05) is 72.8 Å². The fourth-order valence-corrected chi connectivity index (χ4v) is 8.65. The van der Waals surface area contributed by atoms with Gasteiger partial charge in [-0.3, -0.25) is 15.0 Å². The van der Waals surface area contributed by atoms with Gasteiger partial charge in [-0.2, -0.15) is 0 Å². The molecule has 0 fully saturated rings. The topological polar surface area (TPSA) is 38.7 Å². The second-order valence-electron chi connectivity index (χ2n) is 14.2. The van der Waals surface area contributed by atoms with Crippen molar-refractivity contribution in [1.82, 2.24) is 15.0 Å². The largest absolute Gasteiger partial charge is 0.261 e. The summed E-state index contributed by atoms with van der Waals surface area (Å²) in [6, 6.07) is 40.3. The van der Waals surface area contributed by atoms with Gasteiger partial charge in [0.15, 0.2) is 0 Å². The number of benzene rings is 6. The summed E-state index contributed by atoms with van der Waals surface area (Å²) in [6.07, 6.45) is 5.76. The summed E-state index contributed by atoms with van der Waals surface area (Å²) in [5, 5.41) is 7.49. The van der Waals surface area contributed by atoms with Crippen LogP contribution in [0.5, 0.6) is 0 Å². The number of rotatable bonds is 5. The third-order valence-electron chi connectivity index (χ3n) is 11.0. The molecular formula is C49H39N3. The molecule has 9 aromatic rings. The molecule has 0 aliphatic heterocycles. The summed E-state index contributed by atoms with van der Waals surface area (Å²) < 4.78 is 0. The first kappa shape index (κ1) is 31.8. The van der Waals surface area contributed by atoms with Gasteiger partial charge in [0.25, 0.3) is 0 Å². The standard InChI is InChI=1S/C49H39N3/c1-28-19-22-50-31(4)45(28)42-26-41(36-14-10-13-35(25-36)34-11-8-7-9-12-34)37-15-16-39-43(46-29(2)20-23-51-32(46)5)27-44(47-30(3)21-24-52-33(47)6)40-18-17-38(42)48(37)49(39)40/h7-27H,1-6H3. The molecule has 3 aromatic heterocycles. The molecule has 0 radical (unpaired) electrons. The summed E-state index contributed by atoms with van der Waals surface area (Å²) in [6.45, 7) is 13.0. The van der Waals surface area contributed by atoms with Gasteiger partial charge in [0.1, 0.15) is 0 Å². The number of pyridine rings is 3. The van der Waals surface area contributed by atoms with Crippen molar-refractivity contribution in [2.45, 2.75) is 41.5 Å². The van der Waals surface area contributed by atoms with Crippen LogP contribution >= 0.6 is 0 Å². The zero-order chi connectivity index (χ0) is 35.7. The fraction of sp³-hybridized carbons (Fsp3) is 0.122. The molecule has 0 aliphatic rings. The van der Waals surface area contributed by atoms with Crippen LogP contribution < -0.4 is 0 Å². The number of hydrogen-bond acceptors (Lipinski definition) is 3. The Morgan fingerprint density at radius 1 is 0.327 bits per heavy atom. The highest BCUT2D eigenvalue weighted by Gasteiger charge is 2.24. The summed E-state index contributed by atoms with van der Waals surface area (Å²) in [5.74, 6) is 0. The molecule has 0 atom stereocenters. The van der Waals surface area contributed by atoms with E-state index >= 15 is 0 Å². The minimum absolute atomic E-state index is 1.03. The van der Waals surface area contributed by atoms with Crippen LogP contribution in [0.3, 0.4) is 0 Å². The van der Waals surface area contributed by atoms with Crippen molar-refractivity contribution in [1.29, 1.82) is 0 Å². The lowest BCUT2D eigenvalue weighted by Crippen LogP contribution is -1.99. The van der Waals surface area contributed by atoms with Gasteiger partial charge >= 0.3 is 0 Å². The van der Waals surface area contributed by atoms with E-state index in [1.54, 1.807) is 0 Å². The summed E-state index contributed by atoms with van der Waals surface area (Å²) in [4.78, 5) is 14.4. The van der Waals surface area contributed by atoms with Crippen molar-refractivity contribution in [2.24, 2.45) is 0 Å². The van der Waals surface area contributed by atoms with Crippen molar-refractivity contribution in [3.63, 3.8) is 0 Å². The maximum Gasteiger partial charge on any atom is 0.0453 e. The molecule has 0 saturated heterocycles. The summed E-state index contributed by atoms with van der Waals surface area (Å²) >= 11 is 0. The molecule has 3 heterocycles. The van der Waals surface area contributed by atoms with Crippen LogP contribution in [0.1, 0.15) is 33.8 Å². The van der Waals surface area contributed by atoms with Gasteiger partial charge in [-0.05, 0) is 166 Å². The van der Waals surface area contributed by atoms with Crippen LogP contribution in [0, 0.1) is 41.5 Å². The van der Waals surface area contributed by atoms with Crippen LogP contribution in [0.4, 0.5) is 0 Å². The van der Waals surface area contributed by atoms with Crippen LogP contribution in [0.25, 0.3) is 88.0 Å². The van der Waals surface area contributed by atoms with Gasteiger partial charge in [-0.15, -0.1) is 0 Å². The number of aromatic nitrogens is 3. The van der Waals surface area contributed by atoms with E-state index in [0.717, 1.165) is 17.1 Å². The Morgan fingerprint density at radius 3 is 1.15 bits per heavy atom. The predicted octanol–water partition coefficient (Wildman–Crippen LogP) is 13.0. The Bertz CT molecular complexity index is 2720. The second kappa shape index (κ2) is 12.2. The van der Waals surface area contributed by atoms with E-state index in [0.29, 0.717) is 0 Å². The lowest BCUT2D eigenvalue weighted by Gasteiger charge is -2.23. The van der Waals surface area contributed by atoms with Crippen LogP contribution in [0.15, 0.2) is 128 Å². The van der Waals surface area contributed by atoms with E-state index in [4.69, 9.17) is 15.0 Å². The lowest BCUT2D eigenvalue weighted by atomic mass is 9.80. The minimum Gasteiger partial charge on any atom is -0.261 e. The van der Waals surface area contributed by atoms with Crippen LogP contribution in [-0.4, -0.2) is 15.0 Å². The molecule has 0 unspecified atom stereocenters. The van der Waals surface area contributed by atoms with E-state index in [-0.39, 0.29) is 0 Å². The smallest absolute Gasteiger partial charge is 0.0453 e. The quantitative estimate of drug-likeness (QED) is 0.171. The lowest BCUT2D eigenvalue weighted by molar-refractivity contribution is 1.18. The first-order chi connectivity index (χ1) is 25.3. The van der Waals surface area contributed by atoms with Gasteiger partial charge in [0.05, 0.1) is 0 Å². The highest BCUT2D eigenvalue weighted by atomic mass is 14.7. The van der Waals surface area contributed by atoms with E-state index in [9.17, 15) is 0 Å².